The highest BCUT2D eigenvalue weighted by molar-refractivity contribution is 6.83. The summed E-state index contributed by atoms with van der Waals surface area (Å²) in [6.45, 7) is 12.4. The maximum atomic E-state index is 5.58. The first kappa shape index (κ1) is 9.66. The van der Waals surface area contributed by atoms with Crippen molar-refractivity contribution in [2.24, 2.45) is 0 Å². The maximum absolute atomic E-state index is 5.58. The van der Waals surface area contributed by atoms with Gasteiger partial charge in [-0.25, -0.2) is 0 Å². The summed E-state index contributed by atoms with van der Waals surface area (Å²) in [5.41, 5.74) is 3.87. The van der Waals surface area contributed by atoms with Gasteiger partial charge in [0, 0.05) is 6.61 Å². The summed E-state index contributed by atoms with van der Waals surface area (Å²) in [6.07, 6.45) is 0. The van der Waals surface area contributed by atoms with Gasteiger partial charge in [0.15, 0.2) is 0 Å². The van der Waals surface area contributed by atoms with Crippen molar-refractivity contribution in [2.75, 3.05) is 6.61 Å². The molecule has 0 rings (SSSR count). The first-order chi connectivity index (χ1) is 4.74. The minimum Gasteiger partial charge on any atom is -0.409 e. The summed E-state index contributed by atoms with van der Waals surface area (Å²) in [4.78, 5) is 0. The molecule has 0 atom stereocenters. The van der Waals surface area contributed by atoms with Crippen LogP contribution >= 0.6 is 0 Å². The van der Waals surface area contributed by atoms with Gasteiger partial charge in [-0.3, -0.25) is 0 Å². The molecule has 0 unspecified atom stereocenters. The zero-order chi connectivity index (χ0) is 8.04. The zero-order valence-electron chi connectivity index (χ0n) is 6.89. The second-order valence-electron chi connectivity index (χ2n) is 2.15. The van der Waals surface area contributed by atoms with Crippen LogP contribution in [-0.4, -0.2) is 14.9 Å². The van der Waals surface area contributed by atoms with Gasteiger partial charge in [-0.2, -0.15) is 0 Å². The van der Waals surface area contributed by atoms with Crippen LogP contribution in [-0.2, 0) is 4.43 Å². The average molecular weight is 156 g/mol. The van der Waals surface area contributed by atoms with Crippen molar-refractivity contribution in [3.05, 3.63) is 24.6 Å². The van der Waals surface area contributed by atoms with Gasteiger partial charge in [0.05, 0.1) is 0 Å². The van der Waals surface area contributed by atoms with Gasteiger partial charge in [0.25, 0.3) is 0 Å². The van der Waals surface area contributed by atoms with Crippen molar-refractivity contribution >= 4 is 8.32 Å². The van der Waals surface area contributed by atoms with E-state index in [1.165, 1.54) is 0 Å². The first-order valence-electron chi connectivity index (χ1n) is 3.65. The fourth-order valence-corrected chi connectivity index (χ4v) is 2.58. The molecular weight excluding hydrogens is 140 g/mol. The van der Waals surface area contributed by atoms with Crippen molar-refractivity contribution in [1.82, 2.24) is 0 Å². The molecule has 58 valence electrons. The summed E-state index contributed by atoms with van der Waals surface area (Å²) < 4.78 is 5.58. The molecule has 0 aromatic carbocycles. The fraction of sp³-hybridized carbons (Fsp3) is 0.500. The van der Waals surface area contributed by atoms with E-state index < -0.39 is 8.32 Å². The molecule has 1 nitrogen and oxygen atoms in total. The lowest BCUT2D eigenvalue weighted by atomic mass is 10.9. The van der Waals surface area contributed by atoms with E-state index in [0.717, 1.165) is 12.7 Å². The first-order valence-corrected chi connectivity index (χ1v) is 5.92. The van der Waals surface area contributed by atoms with Crippen molar-refractivity contribution in [3.8, 4) is 0 Å². The predicted molar refractivity (Wildman–Crippen MR) is 48.3 cm³/mol. The minimum atomic E-state index is -1.69. The molecule has 0 fully saturated rings. The van der Waals surface area contributed by atoms with Gasteiger partial charge in [-0.05, 0) is 13.0 Å². The van der Waals surface area contributed by atoms with Crippen LogP contribution in [0.4, 0.5) is 0 Å². The van der Waals surface area contributed by atoms with Crippen LogP contribution in [0.3, 0.4) is 0 Å². The number of hydrogen-bond acceptors (Lipinski definition) is 1. The third-order valence-electron chi connectivity index (χ3n) is 1.66. The molecule has 0 spiro atoms. The molecule has 2 heteroatoms. The molecule has 0 bridgehead atoms. The van der Waals surface area contributed by atoms with E-state index in [1.807, 2.05) is 18.3 Å². The summed E-state index contributed by atoms with van der Waals surface area (Å²) >= 11 is 0. The maximum Gasteiger partial charge on any atom is 0.240 e. The molecule has 0 heterocycles. The largest absolute Gasteiger partial charge is 0.409 e. The summed E-state index contributed by atoms with van der Waals surface area (Å²) in [7, 11) is -1.69. The van der Waals surface area contributed by atoms with Crippen LogP contribution in [0.15, 0.2) is 24.6 Å². The molecular formula is C8H16OSi. The third-order valence-corrected chi connectivity index (χ3v) is 4.97. The van der Waals surface area contributed by atoms with Gasteiger partial charge in [-0.1, -0.05) is 18.3 Å². The van der Waals surface area contributed by atoms with Crippen LogP contribution in [0.2, 0.25) is 6.04 Å². The van der Waals surface area contributed by atoms with Gasteiger partial charge in [0.2, 0.25) is 8.32 Å². The molecule has 0 aliphatic rings. The van der Waals surface area contributed by atoms with Crippen molar-refractivity contribution in [2.45, 2.75) is 19.9 Å². The zero-order valence-corrected chi connectivity index (χ0v) is 7.89. The van der Waals surface area contributed by atoms with Gasteiger partial charge in [0.1, 0.15) is 0 Å². The molecule has 0 aromatic rings. The van der Waals surface area contributed by atoms with E-state index in [0.29, 0.717) is 0 Å². The van der Waals surface area contributed by atoms with E-state index in [4.69, 9.17) is 4.43 Å². The Morgan fingerprint density at radius 2 is 1.80 bits per heavy atom. The monoisotopic (exact) mass is 156 g/mol. The molecule has 0 aromatic heterocycles. The minimum absolute atomic E-state index is 0.762. The molecule has 0 saturated carbocycles. The Kier molecular flexibility index (Phi) is 4.32. The van der Waals surface area contributed by atoms with Crippen molar-refractivity contribution < 1.29 is 4.43 Å². The Morgan fingerprint density at radius 1 is 1.30 bits per heavy atom. The Morgan fingerprint density at radius 3 is 1.90 bits per heavy atom. The van der Waals surface area contributed by atoms with Gasteiger partial charge in [-0.15, -0.1) is 13.2 Å². The molecule has 10 heavy (non-hydrogen) atoms. The number of hydrogen-bond donors (Lipinski definition) is 0. The molecule has 0 aliphatic carbocycles. The fourth-order valence-electron chi connectivity index (χ4n) is 0.861. The van der Waals surface area contributed by atoms with E-state index in [2.05, 4.69) is 20.1 Å². The second-order valence-corrected chi connectivity index (χ2v) is 5.87. The highest BCUT2D eigenvalue weighted by Gasteiger charge is 2.23. The highest BCUT2D eigenvalue weighted by atomic mass is 28.4. The predicted octanol–water partition coefficient (Wildman–Crippen LogP) is 2.44. The average Bonchev–Trinajstić information content (AvgIpc) is 2.01. The standard InChI is InChI=1S/C8H16OSi/c1-5-9-10(6-2,7-3)8-4/h6-7H,2-3,5,8H2,1,4H3. The van der Waals surface area contributed by atoms with E-state index in [-0.39, 0.29) is 0 Å². The topological polar surface area (TPSA) is 9.23 Å². The quantitative estimate of drug-likeness (QED) is 0.556. The van der Waals surface area contributed by atoms with Crippen LogP contribution in [0, 0.1) is 0 Å². The molecule has 0 radical (unpaired) electrons. The van der Waals surface area contributed by atoms with Crippen molar-refractivity contribution in [1.29, 1.82) is 0 Å². The van der Waals surface area contributed by atoms with Crippen molar-refractivity contribution in [3.63, 3.8) is 0 Å². The lowest BCUT2D eigenvalue weighted by molar-refractivity contribution is 0.337. The molecule has 0 amide bonds. The van der Waals surface area contributed by atoms with Gasteiger partial charge >= 0.3 is 0 Å². The normalized spacial score (nSPS) is 11.0. The smallest absolute Gasteiger partial charge is 0.240 e. The van der Waals surface area contributed by atoms with E-state index >= 15 is 0 Å². The second kappa shape index (κ2) is 4.47. The Bertz CT molecular complexity index is 112. The van der Waals surface area contributed by atoms with Crippen LogP contribution < -0.4 is 0 Å². The number of rotatable bonds is 5. The van der Waals surface area contributed by atoms with Crippen LogP contribution in [0.5, 0.6) is 0 Å². The van der Waals surface area contributed by atoms with E-state index in [9.17, 15) is 0 Å². The SMILES string of the molecule is C=C[Si](C=C)(CC)OCC. The van der Waals surface area contributed by atoms with Crippen LogP contribution in [0.25, 0.3) is 0 Å². The molecule has 0 N–H and O–H groups in total. The summed E-state index contributed by atoms with van der Waals surface area (Å²) in [5.74, 6) is 0. The molecule has 0 saturated heterocycles. The summed E-state index contributed by atoms with van der Waals surface area (Å²) in [6, 6.07) is 1.04. The molecule has 0 aliphatic heterocycles. The lowest BCUT2D eigenvalue weighted by Gasteiger charge is -2.21. The van der Waals surface area contributed by atoms with Crippen LogP contribution in [0.1, 0.15) is 13.8 Å². The van der Waals surface area contributed by atoms with Gasteiger partial charge < -0.3 is 4.43 Å². The lowest BCUT2D eigenvalue weighted by Crippen LogP contribution is -2.32. The third kappa shape index (κ3) is 2.12. The Labute approximate surface area is 64.5 Å². The Hall–Kier alpha value is -0.343. The highest BCUT2D eigenvalue weighted by Crippen LogP contribution is 2.12. The Balaban J connectivity index is 4.14. The van der Waals surface area contributed by atoms with E-state index in [1.54, 1.807) is 0 Å². The summed E-state index contributed by atoms with van der Waals surface area (Å²) in [5, 5.41) is 0.